The predicted molar refractivity (Wildman–Crippen MR) is 147 cm³/mol. The third-order valence-electron chi connectivity index (χ3n) is 6.38. The van der Waals surface area contributed by atoms with Gasteiger partial charge in [0.15, 0.2) is 0 Å². The highest BCUT2D eigenvalue weighted by atomic mass is 16.4. The first-order valence-corrected chi connectivity index (χ1v) is 14.1. The van der Waals surface area contributed by atoms with Crippen molar-refractivity contribution in [1.29, 1.82) is 0 Å². The summed E-state index contributed by atoms with van der Waals surface area (Å²) in [6.45, 7) is 11.3. The Bertz CT molecular complexity index is 589. The molecule has 0 radical (unpaired) electrons. The predicted octanol–water partition coefficient (Wildman–Crippen LogP) is 7.92. The number of hydrogen-bond acceptors (Lipinski definition) is 2. The zero-order valence-corrected chi connectivity index (χ0v) is 23.7. The highest BCUT2D eigenvalue weighted by molar-refractivity contribution is 5.64. The van der Waals surface area contributed by atoms with E-state index < -0.39 is 5.97 Å². The van der Waals surface area contributed by atoms with Gasteiger partial charge in [0.25, 0.3) is 0 Å². The summed E-state index contributed by atoms with van der Waals surface area (Å²) in [7, 11) is 4.72. The maximum Gasteiger partial charge on any atom is 0.104 e. The minimum Gasteiger partial charge on any atom is -0.550 e. The molecule has 0 aliphatic carbocycles. The van der Waals surface area contributed by atoms with Gasteiger partial charge < -0.3 is 14.4 Å². The number of aliphatic carboxylic acids is 1. The molecule has 0 aromatic heterocycles. The Balaban J connectivity index is 0.000000770. The van der Waals surface area contributed by atoms with Crippen LogP contribution in [0, 0.1) is 5.41 Å². The zero-order chi connectivity index (χ0) is 25.7. The Kier molecular flexibility index (Phi) is 19.1. The van der Waals surface area contributed by atoms with Gasteiger partial charge in [-0.25, -0.2) is 0 Å². The molecule has 3 nitrogen and oxygen atoms in total. The standard InChI is InChI=1S/C21H38N.C10H20O2/c1-4-5-6-7-8-9-10-11-12-16-19-22(2,3)20-21-17-14-13-15-18-21;1-10(2,3)8-6-4-5-7-9(11)12/h13-15,17-18H,4-12,16,19-20H2,1-3H3;4-8H2,1-3H3,(H,11,12)/q+1;/p-1. The van der Waals surface area contributed by atoms with E-state index in [0.29, 0.717) is 5.41 Å². The summed E-state index contributed by atoms with van der Waals surface area (Å²) in [5.74, 6) is -0.925. The van der Waals surface area contributed by atoms with Crippen molar-refractivity contribution in [2.45, 2.75) is 131 Å². The highest BCUT2D eigenvalue weighted by Crippen LogP contribution is 2.22. The van der Waals surface area contributed by atoms with Gasteiger partial charge in [0, 0.05) is 11.5 Å². The summed E-state index contributed by atoms with van der Waals surface area (Å²) < 4.78 is 1.11. The lowest BCUT2D eigenvalue weighted by Gasteiger charge is -2.30. The Hall–Kier alpha value is -1.35. The number of rotatable bonds is 18. The highest BCUT2D eigenvalue weighted by Gasteiger charge is 2.14. The van der Waals surface area contributed by atoms with Crippen LogP contribution in [0.15, 0.2) is 30.3 Å². The molecule has 1 aromatic carbocycles. The zero-order valence-electron chi connectivity index (χ0n) is 23.7. The van der Waals surface area contributed by atoms with Gasteiger partial charge in [-0.1, -0.05) is 122 Å². The first-order chi connectivity index (χ1) is 16.1. The van der Waals surface area contributed by atoms with Gasteiger partial charge in [-0.2, -0.15) is 0 Å². The van der Waals surface area contributed by atoms with Crippen LogP contribution in [0.25, 0.3) is 0 Å². The van der Waals surface area contributed by atoms with Crippen LogP contribution in [0.4, 0.5) is 0 Å². The van der Waals surface area contributed by atoms with Crippen LogP contribution < -0.4 is 5.11 Å². The van der Waals surface area contributed by atoms with Crippen molar-refractivity contribution < 1.29 is 14.4 Å². The SMILES string of the molecule is CC(C)(C)CCCCCC(=O)[O-].CCCCCCCCCCCC[N+](C)(C)Cc1ccccc1. The molecule has 0 unspecified atom stereocenters. The number of benzene rings is 1. The molecule has 0 bridgehead atoms. The summed E-state index contributed by atoms with van der Waals surface area (Å²) >= 11 is 0. The molecule has 0 fully saturated rings. The van der Waals surface area contributed by atoms with Crippen molar-refractivity contribution in [2.24, 2.45) is 5.41 Å². The summed E-state index contributed by atoms with van der Waals surface area (Å²) in [5, 5.41) is 10.0. The van der Waals surface area contributed by atoms with Gasteiger partial charge in [-0.15, -0.1) is 0 Å². The quantitative estimate of drug-likeness (QED) is 0.160. The normalized spacial score (nSPS) is 11.7. The van der Waals surface area contributed by atoms with E-state index in [1.807, 2.05) is 0 Å². The van der Waals surface area contributed by atoms with E-state index in [9.17, 15) is 9.90 Å². The smallest absolute Gasteiger partial charge is 0.104 e. The second-order valence-electron chi connectivity index (χ2n) is 12.0. The van der Waals surface area contributed by atoms with Crippen LogP contribution >= 0.6 is 0 Å². The van der Waals surface area contributed by atoms with Crippen molar-refractivity contribution in [2.75, 3.05) is 20.6 Å². The Morgan fingerprint density at radius 3 is 1.76 bits per heavy atom. The second-order valence-corrected chi connectivity index (χ2v) is 12.0. The molecular formula is C31H57NO2. The lowest BCUT2D eigenvalue weighted by atomic mass is 9.89. The molecule has 0 saturated carbocycles. The molecule has 3 heteroatoms. The molecule has 0 aliphatic rings. The fourth-order valence-electron chi connectivity index (χ4n) is 4.29. The third kappa shape index (κ3) is 23.8. The average molecular weight is 476 g/mol. The van der Waals surface area contributed by atoms with Crippen LogP contribution in [0.5, 0.6) is 0 Å². The molecule has 0 N–H and O–H groups in total. The summed E-state index contributed by atoms with van der Waals surface area (Å²) in [4.78, 5) is 10.0. The molecule has 0 atom stereocenters. The van der Waals surface area contributed by atoms with Crippen molar-refractivity contribution in [3.8, 4) is 0 Å². The van der Waals surface area contributed by atoms with Gasteiger partial charge in [0.2, 0.25) is 0 Å². The Morgan fingerprint density at radius 1 is 0.765 bits per heavy atom. The second kappa shape index (κ2) is 19.9. The van der Waals surface area contributed by atoms with Gasteiger partial charge in [0.05, 0.1) is 20.6 Å². The van der Waals surface area contributed by atoms with Crippen LogP contribution in [0.2, 0.25) is 0 Å². The molecule has 198 valence electrons. The molecule has 34 heavy (non-hydrogen) atoms. The van der Waals surface area contributed by atoms with E-state index in [1.165, 1.54) is 82.7 Å². The molecule has 1 rings (SSSR count). The molecular weight excluding hydrogens is 418 g/mol. The van der Waals surface area contributed by atoms with Gasteiger partial charge in [-0.3, -0.25) is 0 Å². The molecule has 0 amide bonds. The first kappa shape index (κ1) is 32.7. The number of quaternary nitrogens is 1. The summed E-state index contributed by atoms with van der Waals surface area (Å²) in [6.07, 6.45) is 18.5. The maximum atomic E-state index is 10.0. The van der Waals surface area contributed by atoms with Crippen LogP contribution in [0.3, 0.4) is 0 Å². The lowest BCUT2D eigenvalue weighted by molar-refractivity contribution is -0.903. The van der Waals surface area contributed by atoms with Gasteiger partial charge in [-0.05, 0) is 37.5 Å². The largest absolute Gasteiger partial charge is 0.550 e. The topological polar surface area (TPSA) is 40.1 Å². The molecule has 0 aliphatic heterocycles. The fraction of sp³-hybridized carbons (Fsp3) is 0.774. The van der Waals surface area contributed by atoms with E-state index in [0.717, 1.165) is 30.3 Å². The van der Waals surface area contributed by atoms with Gasteiger partial charge in [0.1, 0.15) is 6.54 Å². The number of nitrogens with zero attached hydrogens (tertiary/aromatic N) is 1. The number of hydrogen-bond donors (Lipinski definition) is 0. The maximum absolute atomic E-state index is 10.0. The Morgan fingerprint density at radius 2 is 1.26 bits per heavy atom. The van der Waals surface area contributed by atoms with Crippen LogP contribution in [-0.2, 0) is 11.3 Å². The van der Waals surface area contributed by atoms with E-state index in [1.54, 1.807) is 0 Å². The lowest BCUT2D eigenvalue weighted by Crippen LogP contribution is -2.39. The van der Waals surface area contributed by atoms with Gasteiger partial charge >= 0.3 is 0 Å². The molecule has 0 heterocycles. The van der Waals surface area contributed by atoms with Crippen LogP contribution in [-0.4, -0.2) is 31.1 Å². The van der Waals surface area contributed by atoms with E-state index >= 15 is 0 Å². The number of carbonyl (C=O) groups is 1. The minimum absolute atomic E-state index is 0.212. The number of carboxylic acid groups (broad SMARTS) is 1. The van der Waals surface area contributed by atoms with E-state index in [2.05, 4.69) is 72.1 Å². The summed E-state index contributed by atoms with van der Waals surface area (Å²) in [6, 6.07) is 10.9. The average Bonchev–Trinajstić information content (AvgIpc) is 2.74. The van der Waals surface area contributed by atoms with Crippen molar-refractivity contribution in [3.05, 3.63) is 35.9 Å². The van der Waals surface area contributed by atoms with Crippen molar-refractivity contribution in [1.82, 2.24) is 0 Å². The van der Waals surface area contributed by atoms with Crippen molar-refractivity contribution >= 4 is 5.97 Å². The third-order valence-corrected chi connectivity index (χ3v) is 6.38. The molecule has 1 aromatic rings. The van der Waals surface area contributed by atoms with Crippen molar-refractivity contribution in [3.63, 3.8) is 0 Å². The van der Waals surface area contributed by atoms with Crippen LogP contribution in [0.1, 0.15) is 130 Å². The van der Waals surface area contributed by atoms with E-state index in [-0.39, 0.29) is 6.42 Å². The summed E-state index contributed by atoms with van der Waals surface area (Å²) in [5.41, 5.74) is 1.83. The number of carbonyl (C=O) groups excluding carboxylic acids is 1. The molecule has 0 saturated heterocycles. The Labute approximate surface area is 212 Å². The molecule has 0 spiro atoms. The number of unbranched alkanes of at least 4 members (excludes halogenated alkanes) is 11. The van der Waals surface area contributed by atoms with E-state index in [4.69, 9.17) is 0 Å². The first-order valence-electron chi connectivity index (χ1n) is 14.1. The number of carboxylic acids is 1. The monoisotopic (exact) mass is 475 g/mol. The minimum atomic E-state index is -0.925. The fourth-order valence-corrected chi connectivity index (χ4v) is 4.29.